The van der Waals surface area contributed by atoms with Gasteiger partial charge in [0.1, 0.15) is 0 Å². The Morgan fingerprint density at radius 2 is 1.79 bits per heavy atom. The Morgan fingerprint density at radius 3 is 2.50 bits per heavy atom. The van der Waals surface area contributed by atoms with Gasteiger partial charge in [-0.05, 0) is 30.2 Å². The topological polar surface area (TPSA) is 63.7 Å². The third-order valence-corrected chi connectivity index (χ3v) is 3.93. The van der Waals surface area contributed by atoms with Crippen LogP contribution in [0.15, 0.2) is 48.5 Å². The second-order valence-corrected chi connectivity index (χ2v) is 5.53. The lowest BCUT2D eigenvalue weighted by atomic mass is 9.97. The molecule has 1 heterocycles. The van der Waals surface area contributed by atoms with Crippen molar-refractivity contribution in [1.29, 1.82) is 0 Å². The van der Waals surface area contributed by atoms with E-state index in [0.717, 1.165) is 11.1 Å². The highest BCUT2D eigenvalue weighted by Gasteiger charge is 2.31. The van der Waals surface area contributed by atoms with Gasteiger partial charge >= 0.3 is 5.97 Å². The molecule has 0 radical (unpaired) electrons. The molecule has 0 fully saturated rings. The average Bonchev–Trinajstić information content (AvgIpc) is 2.59. The molecule has 0 spiro atoms. The van der Waals surface area contributed by atoms with Crippen molar-refractivity contribution < 1.29 is 19.1 Å². The maximum atomic E-state index is 12.3. The number of carbonyl (C=O) groups is 3. The smallest absolute Gasteiger partial charge is 0.310 e. The average molecular weight is 323 g/mol. The van der Waals surface area contributed by atoms with Gasteiger partial charge in [0.25, 0.3) is 11.7 Å². The second-order valence-electron chi connectivity index (χ2n) is 5.53. The minimum absolute atomic E-state index is 0.184. The van der Waals surface area contributed by atoms with Gasteiger partial charge in [-0.25, -0.2) is 0 Å². The normalized spacial score (nSPS) is 13.6. The number of fused-ring (bicyclic) bond motifs is 1. The third kappa shape index (κ3) is 3.06. The Bertz CT molecular complexity index is 795. The quantitative estimate of drug-likeness (QED) is 0.641. The van der Waals surface area contributed by atoms with Gasteiger partial charge in [0.05, 0.1) is 19.6 Å². The van der Waals surface area contributed by atoms with Gasteiger partial charge in [0.2, 0.25) is 0 Å². The van der Waals surface area contributed by atoms with Crippen LogP contribution in [0.25, 0.3) is 0 Å². The molecule has 0 saturated carbocycles. The van der Waals surface area contributed by atoms with Crippen molar-refractivity contribution in [1.82, 2.24) is 0 Å². The van der Waals surface area contributed by atoms with E-state index in [1.807, 2.05) is 12.1 Å². The highest BCUT2D eigenvalue weighted by molar-refractivity contribution is 6.48. The van der Waals surface area contributed by atoms with Crippen LogP contribution in [0.3, 0.4) is 0 Å². The van der Waals surface area contributed by atoms with E-state index in [1.165, 1.54) is 4.90 Å². The van der Waals surface area contributed by atoms with E-state index in [2.05, 4.69) is 0 Å². The third-order valence-electron chi connectivity index (χ3n) is 3.93. The molecule has 0 atom stereocenters. The molecule has 3 rings (SSSR count). The van der Waals surface area contributed by atoms with E-state index in [9.17, 15) is 14.4 Å². The number of ether oxygens (including phenoxy) is 1. The zero-order valence-corrected chi connectivity index (χ0v) is 13.3. The lowest BCUT2D eigenvalue weighted by Crippen LogP contribution is -2.41. The molecule has 0 saturated heterocycles. The van der Waals surface area contributed by atoms with Gasteiger partial charge in [-0.2, -0.15) is 0 Å². The van der Waals surface area contributed by atoms with Crippen molar-refractivity contribution in [3.8, 4) is 0 Å². The first-order valence-electron chi connectivity index (χ1n) is 7.79. The number of hydrogen-bond acceptors (Lipinski definition) is 4. The van der Waals surface area contributed by atoms with Crippen LogP contribution in [0.5, 0.6) is 0 Å². The Labute approximate surface area is 139 Å². The van der Waals surface area contributed by atoms with Crippen LogP contribution < -0.4 is 4.90 Å². The molecule has 0 aromatic heterocycles. The molecule has 1 aliphatic rings. The summed E-state index contributed by atoms with van der Waals surface area (Å²) in [5.74, 6) is -1.32. The van der Waals surface area contributed by atoms with Crippen molar-refractivity contribution in [3.05, 3.63) is 65.2 Å². The van der Waals surface area contributed by atoms with Crippen LogP contribution in [0.1, 0.15) is 28.4 Å². The summed E-state index contributed by atoms with van der Waals surface area (Å²) < 4.78 is 4.91. The fourth-order valence-electron chi connectivity index (χ4n) is 2.74. The van der Waals surface area contributed by atoms with Crippen molar-refractivity contribution in [2.45, 2.75) is 19.9 Å². The fraction of sp³-hybridized carbons (Fsp3) is 0.211. The molecule has 1 amide bonds. The molecule has 24 heavy (non-hydrogen) atoms. The van der Waals surface area contributed by atoms with E-state index >= 15 is 0 Å². The summed E-state index contributed by atoms with van der Waals surface area (Å²) in [6.45, 7) is 2.47. The van der Waals surface area contributed by atoms with E-state index in [0.29, 0.717) is 24.4 Å². The molecule has 2 aromatic rings. The first-order chi connectivity index (χ1) is 11.6. The number of ketones is 1. The summed E-state index contributed by atoms with van der Waals surface area (Å²) in [5.41, 5.74) is 2.74. The van der Waals surface area contributed by atoms with E-state index in [-0.39, 0.29) is 12.4 Å². The molecule has 2 aromatic carbocycles. The number of anilines is 1. The van der Waals surface area contributed by atoms with Crippen LogP contribution in [-0.2, 0) is 27.3 Å². The van der Waals surface area contributed by atoms with Crippen molar-refractivity contribution in [3.63, 3.8) is 0 Å². The molecule has 0 N–H and O–H groups in total. The first-order valence-corrected chi connectivity index (χ1v) is 7.79. The summed E-state index contributed by atoms with van der Waals surface area (Å²) in [6, 6.07) is 14.2. The number of rotatable bonds is 4. The molecular weight excluding hydrogens is 306 g/mol. The minimum Gasteiger partial charge on any atom is -0.466 e. The summed E-state index contributed by atoms with van der Waals surface area (Å²) in [5, 5.41) is 0. The Hall–Kier alpha value is -2.95. The predicted octanol–water partition coefficient (Wildman–Crippen LogP) is 2.52. The van der Waals surface area contributed by atoms with E-state index < -0.39 is 11.7 Å². The number of hydrogen-bond donors (Lipinski definition) is 0. The Balaban J connectivity index is 1.81. The highest BCUT2D eigenvalue weighted by atomic mass is 16.5. The first kappa shape index (κ1) is 15.9. The summed E-state index contributed by atoms with van der Waals surface area (Å²) in [4.78, 5) is 37.5. The van der Waals surface area contributed by atoms with Gasteiger partial charge in [-0.1, -0.05) is 36.4 Å². The van der Waals surface area contributed by atoms with Crippen LogP contribution >= 0.6 is 0 Å². The number of nitrogens with zero attached hydrogens (tertiary/aromatic N) is 1. The predicted molar refractivity (Wildman–Crippen MR) is 88.7 cm³/mol. The van der Waals surface area contributed by atoms with E-state index in [1.54, 1.807) is 43.3 Å². The van der Waals surface area contributed by atoms with Crippen molar-refractivity contribution in [2.75, 3.05) is 11.5 Å². The van der Waals surface area contributed by atoms with Gasteiger partial charge in [-0.15, -0.1) is 0 Å². The van der Waals surface area contributed by atoms with Gasteiger partial charge in [-0.3, -0.25) is 14.4 Å². The lowest BCUT2D eigenvalue weighted by Gasteiger charge is -2.27. The van der Waals surface area contributed by atoms with Gasteiger partial charge in [0, 0.05) is 11.3 Å². The number of Topliss-reactive ketones (excluding diaryl/α,β-unsaturated/α-hetero) is 1. The Morgan fingerprint density at radius 1 is 1.08 bits per heavy atom. The zero-order chi connectivity index (χ0) is 17.1. The number of esters is 1. The number of carbonyl (C=O) groups excluding carboxylic acids is 3. The highest BCUT2D eigenvalue weighted by Crippen LogP contribution is 2.25. The molecular formula is C19H17NO4. The van der Waals surface area contributed by atoms with Crippen molar-refractivity contribution in [2.24, 2.45) is 0 Å². The fourth-order valence-corrected chi connectivity index (χ4v) is 2.74. The molecule has 122 valence electrons. The largest absolute Gasteiger partial charge is 0.466 e. The van der Waals surface area contributed by atoms with Gasteiger partial charge in [0.15, 0.2) is 0 Å². The van der Waals surface area contributed by atoms with Crippen LogP contribution in [-0.4, -0.2) is 24.3 Å². The SMILES string of the molecule is CCOC(=O)Cc1ccc(N2Cc3ccccc3C(=O)C2=O)cc1. The molecule has 5 nitrogen and oxygen atoms in total. The van der Waals surface area contributed by atoms with Crippen molar-refractivity contribution >= 4 is 23.3 Å². The second kappa shape index (κ2) is 6.66. The monoisotopic (exact) mass is 323 g/mol. The van der Waals surface area contributed by atoms with E-state index in [4.69, 9.17) is 4.74 Å². The molecule has 1 aliphatic heterocycles. The standard InChI is InChI=1S/C19H17NO4/c1-2-24-17(21)11-13-7-9-15(10-8-13)20-12-14-5-3-4-6-16(14)18(22)19(20)23/h3-10H,2,11-12H2,1H3. The summed E-state index contributed by atoms with van der Waals surface area (Å²) >= 11 is 0. The minimum atomic E-state index is -0.535. The summed E-state index contributed by atoms with van der Waals surface area (Å²) in [7, 11) is 0. The van der Waals surface area contributed by atoms with Crippen LogP contribution in [0, 0.1) is 0 Å². The summed E-state index contributed by atoms with van der Waals surface area (Å²) in [6.07, 6.45) is 0.184. The molecule has 0 bridgehead atoms. The number of benzene rings is 2. The molecule has 5 heteroatoms. The number of amides is 1. The van der Waals surface area contributed by atoms with Crippen LogP contribution in [0.2, 0.25) is 0 Å². The maximum absolute atomic E-state index is 12.3. The van der Waals surface area contributed by atoms with Gasteiger partial charge < -0.3 is 9.64 Å². The Kier molecular flexibility index (Phi) is 4.42. The maximum Gasteiger partial charge on any atom is 0.310 e. The molecule has 0 unspecified atom stereocenters. The van der Waals surface area contributed by atoms with Crippen LogP contribution in [0.4, 0.5) is 5.69 Å². The lowest BCUT2D eigenvalue weighted by molar-refractivity contribution is -0.142. The molecule has 0 aliphatic carbocycles. The zero-order valence-electron chi connectivity index (χ0n) is 13.3.